The van der Waals surface area contributed by atoms with E-state index in [9.17, 15) is 19.2 Å². The Labute approximate surface area is 115 Å². The lowest BCUT2D eigenvalue weighted by Gasteiger charge is -2.23. The van der Waals surface area contributed by atoms with Crippen LogP contribution in [0.4, 0.5) is 0 Å². The summed E-state index contributed by atoms with van der Waals surface area (Å²) < 4.78 is 0. The fourth-order valence-corrected chi connectivity index (χ4v) is 2.92. The molecule has 20 heavy (non-hydrogen) atoms. The number of hydrogen-bond donors (Lipinski definition) is 1. The lowest BCUT2D eigenvalue weighted by molar-refractivity contribution is -0.137. The Morgan fingerprint density at radius 3 is 2.45 bits per heavy atom. The highest BCUT2D eigenvalue weighted by Gasteiger charge is 2.47. The minimum absolute atomic E-state index is 0.169. The van der Waals surface area contributed by atoms with Crippen LogP contribution >= 0.6 is 0 Å². The van der Waals surface area contributed by atoms with Crippen molar-refractivity contribution in [2.75, 3.05) is 0 Å². The Morgan fingerprint density at radius 2 is 1.75 bits per heavy atom. The maximum atomic E-state index is 12.4. The summed E-state index contributed by atoms with van der Waals surface area (Å²) in [5.74, 6) is -3.18. The lowest BCUT2D eigenvalue weighted by atomic mass is 9.82. The highest BCUT2D eigenvalue weighted by Crippen LogP contribution is 2.35. The molecule has 0 saturated carbocycles. The van der Waals surface area contributed by atoms with E-state index in [1.54, 1.807) is 18.2 Å². The van der Waals surface area contributed by atoms with Crippen molar-refractivity contribution in [1.29, 1.82) is 0 Å². The van der Waals surface area contributed by atoms with Crippen molar-refractivity contribution in [3.8, 4) is 0 Å². The van der Waals surface area contributed by atoms with Crippen LogP contribution in [-0.4, -0.2) is 23.4 Å². The third kappa shape index (κ3) is 1.78. The first-order chi connectivity index (χ1) is 9.49. The quantitative estimate of drug-likeness (QED) is 0.611. The van der Waals surface area contributed by atoms with Gasteiger partial charge in [-0.05, 0) is 19.4 Å². The number of Topliss-reactive ketones (excluding diaryl/α,β-unsaturated/α-hetero) is 2. The Morgan fingerprint density at radius 1 is 1.05 bits per heavy atom. The van der Waals surface area contributed by atoms with Crippen LogP contribution in [-0.2, 0) is 9.59 Å². The molecule has 1 N–H and O–H groups in total. The topological polar surface area (TPSA) is 80.3 Å². The summed E-state index contributed by atoms with van der Waals surface area (Å²) in [5, 5.41) is 2.20. The summed E-state index contributed by atoms with van der Waals surface area (Å²) in [4.78, 5) is 47.8. The zero-order valence-corrected chi connectivity index (χ0v) is 10.9. The smallest absolute Gasteiger partial charge is 0.230 e. The van der Waals surface area contributed by atoms with E-state index in [1.165, 1.54) is 0 Å². The highest BCUT2D eigenvalue weighted by molar-refractivity contribution is 6.28. The van der Waals surface area contributed by atoms with Crippen LogP contribution in [0.5, 0.6) is 0 Å². The fraction of sp³-hybridized carbons (Fsp3) is 0.333. The van der Waals surface area contributed by atoms with Gasteiger partial charge in [-0.3, -0.25) is 24.5 Å². The maximum absolute atomic E-state index is 12.4. The molecule has 1 aliphatic carbocycles. The van der Waals surface area contributed by atoms with E-state index in [0.717, 1.165) is 5.56 Å². The van der Waals surface area contributed by atoms with Crippen LogP contribution in [0.3, 0.4) is 0 Å². The Bertz CT molecular complexity index is 662. The summed E-state index contributed by atoms with van der Waals surface area (Å²) >= 11 is 0. The Balaban J connectivity index is 1.97. The molecular formula is C15H13NO4. The Hall–Kier alpha value is -2.30. The minimum Gasteiger partial charge on any atom is -0.296 e. The van der Waals surface area contributed by atoms with Crippen molar-refractivity contribution in [3.63, 3.8) is 0 Å². The normalized spacial score (nSPS) is 25.6. The summed E-state index contributed by atoms with van der Waals surface area (Å²) in [6, 6.07) is 5.09. The fourth-order valence-electron chi connectivity index (χ4n) is 2.92. The van der Waals surface area contributed by atoms with Crippen LogP contribution in [0.15, 0.2) is 18.2 Å². The molecule has 1 aromatic rings. The van der Waals surface area contributed by atoms with Gasteiger partial charge in [-0.25, -0.2) is 0 Å². The summed E-state index contributed by atoms with van der Waals surface area (Å²) in [5.41, 5.74) is 1.67. The maximum Gasteiger partial charge on any atom is 0.230 e. The van der Waals surface area contributed by atoms with Gasteiger partial charge in [0.2, 0.25) is 11.8 Å². The van der Waals surface area contributed by atoms with E-state index in [2.05, 4.69) is 5.32 Å². The number of ketones is 2. The molecule has 3 rings (SSSR count). The molecular weight excluding hydrogens is 258 g/mol. The van der Waals surface area contributed by atoms with Gasteiger partial charge in [-0.2, -0.15) is 0 Å². The first-order valence-corrected chi connectivity index (χ1v) is 6.52. The van der Waals surface area contributed by atoms with E-state index < -0.39 is 17.7 Å². The number of piperidine rings is 1. The van der Waals surface area contributed by atoms with Crippen molar-refractivity contribution < 1.29 is 19.2 Å². The molecule has 0 spiro atoms. The van der Waals surface area contributed by atoms with E-state index >= 15 is 0 Å². The molecule has 5 heteroatoms. The molecule has 5 nitrogen and oxygen atoms in total. The van der Waals surface area contributed by atoms with E-state index in [4.69, 9.17) is 0 Å². The molecule has 0 aromatic heterocycles. The van der Waals surface area contributed by atoms with Gasteiger partial charge in [-0.1, -0.05) is 17.7 Å². The standard InChI is InChI=1S/C15H13NO4/c1-7-2-3-8-10(6-7)14(19)12(13(8)18)9-4-5-11(17)16-15(9)20/h2-3,6,9,12H,4-5H2,1H3,(H,16,17,20). The Kier molecular flexibility index (Phi) is 2.78. The summed E-state index contributed by atoms with van der Waals surface area (Å²) in [6.07, 6.45) is 0.419. The molecule has 1 saturated heterocycles. The second kappa shape index (κ2) is 4.37. The van der Waals surface area contributed by atoms with E-state index in [-0.39, 0.29) is 30.3 Å². The third-order valence-corrected chi connectivity index (χ3v) is 3.96. The van der Waals surface area contributed by atoms with Crippen molar-refractivity contribution >= 4 is 23.4 Å². The predicted molar refractivity (Wildman–Crippen MR) is 69.2 cm³/mol. The number of rotatable bonds is 1. The molecule has 1 fully saturated rings. The molecule has 2 unspecified atom stereocenters. The number of hydrogen-bond acceptors (Lipinski definition) is 4. The average Bonchev–Trinajstić information content (AvgIpc) is 2.63. The number of aryl methyl sites for hydroxylation is 1. The average molecular weight is 271 g/mol. The number of carbonyl (C=O) groups is 4. The number of carbonyl (C=O) groups excluding carboxylic acids is 4. The molecule has 1 heterocycles. The molecule has 102 valence electrons. The van der Waals surface area contributed by atoms with Crippen molar-refractivity contribution in [2.45, 2.75) is 19.8 Å². The van der Waals surface area contributed by atoms with Gasteiger partial charge in [-0.15, -0.1) is 0 Å². The molecule has 1 aliphatic heterocycles. The SMILES string of the molecule is Cc1ccc2c(c1)C(=O)C(C1CCC(=O)NC1=O)C2=O. The van der Waals surface area contributed by atoms with Crippen LogP contribution in [0.25, 0.3) is 0 Å². The van der Waals surface area contributed by atoms with Gasteiger partial charge in [0.15, 0.2) is 11.6 Å². The number of fused-ring (bicyclic) bond motifs is 1. The van der Waals surface area contributed by atoms with Crippen LogP contribution in [0, 0.1) is 18.8 Å². The van der Waals surface area contributed by atoms with E-state index in [0.29, 0.717) is 11.1 Å². The van der Waals surface area contributed by atoms with Crippen LogP contribution in [0.2, 0.25) is 0 Å². The van der Waals surface area contributed by atoms with Crippen molar-refractivity contribution in [2.24, 2.45) is 11.8 Å². The monoisotopic (exact) mass is 271 g/mol. The van der Waals surface area contributed by atoms with Gasteiger partial charge < -0.3 is 0 Å². The molecule has 2 atom stereocenters. The predicted octanol–water partition coefficient (Wildman–Crippen LogP) is 1.04. The summed E-state index contributed by atoms with van der Waals surface area (Å²) in [6.45, 7) is 1.84. The molecule has 0 radical (unpaired) electrons. The van der Waals surface area contributed by atoms with Crippen molar-refractivity contribution in [1.82, 2.24) is 5.32 Å². The first kappa shape index (κ1) is 12.7. The molecule has 0 bridgehead atoms. The highest BCUT2D eigenvalue weighted by atomic mass is 16.2. The third-order valence-electron chi connectivity index (χ3n) is 3.96. The lowest BCUT2D eigenvalue weighted by Crippen LogP contribution is -2.46. The number of amides is 2. The summed E-state index contributed by atoms with van der Waals surface area (Å²) in [7, 11) is 0. The largest absolute Gasteiger partial charge is 0.296 e. The van der Waals surface area contributed by atoms with Gasteiger partial charge in [0.25, 0.3) is 0 Å². The van der Waals surface area contributed by atoms with Crippen LogP contribution < -0.4 is 5.32 Å². The minimum atomic E-state index is -0.972. The molecule has 2 aliphatic rings. The molecule has 2 amide bonds. The molecule has 1 aromatic carbocycles. The first-order valence-electron chi connectivity index (χ1n) is 6.52. The van der Waals surface area contributed by atoms with Gasteiger partial charge in [0.1, 0.15) is 0 Å². The van der Waals surface area contributed by atoms with Crippen molar-refractivity contribution in [3.05, 3.63) is 34.9 Å². The number of benzene rings is 1. The second-order valence-electron chi connectivity index (χ2n) is 5.31. The van der Waals surface area contributed by atoms with Crippen LogP contribution in [0.1, 0.15) is 39.1 Å². The zero-order chi connectivity index (χ0) is 14.4. The van der Waals surface area contributed by atoms with Gasteiger partial charge in [0.05, 0.1) is 11.8 Å². The van der Waals surface area contributed by atoms with Gasteiger partial charge >= 0.3 is 0 Å². The number of nitrogens with one attached hydrogen (secondary N) is 1. The zero-order valence-electron chi connectivity index (χ0n) is 10.9. The van der Waals surface area contributed by atoms with Gasteiger partial charge in [0, 0.05) is 17.5 Å². The second-order valence-corrected chi connectivity index (χ2v) is 5.31. The number of imide groups is 1. The van der Waals surface area contributed by atoms with E-state index in [1.807, 2.05) is 6.92 Å².